The molecule has 0 radical (unpaired) electrons. The van der Waals surface area contributed by atoms with Crippen molar-refractivity contribution in [1.82, 2.24) is 35.6 Å². The molecule has 120 valence electrons. The van der Waals surface area contributed by atoms with E-state index in [9.17, 15) is 0 Å². The normalized spacial score (nSPS) is 18.1. The highest BCUT2D eigenvalue weighted by Gasteiger charge is 2.19. The van der Waals surface area contributed by atoms with Gasteiger partial charge in [-0.05, 0) is 12.5 Å². The third-order valence-corrected chi connectivity index (χ3v) is 3.03. The average Bonchev–Trinajstić information content (AvgIpc) is 2.90. The molecule has 0 aliphatic carbocycles. The highest BCUT2D eigenvalue weighted by atomic mass is 15.6. The van der Waals surface area contributed by atoms with E-state index in [2.05, 4.69) is 46.0 Å². The van der Waals surface area contributed by atoms with Gasteiger partial charge in [0.1, 0.15) is 11.7 Å². The van der Waals surface area contributed by atoms with Gasteiger partial charge in [0.15, 0.2) is 0 Å². The van der Waals surface area contributed by atoms with Crippen LogP contribution in [0.2, 0.25) is 0 Å². The van der Waals surface area contributed by atoms with Crippen LogP contribution in [0.3, 0.4) is 0 Å². The summed E-state index contributed by atoms with van der Waals surface area (Å²) in [6, 6.07) is 0. The second kappa shape index (κ2) is 5.70. The summed E-state index contributed by atoms with van der Waals surface area (Å²) in [5.41, 5.74) is 17.2. The topological polar surface area (TPSA) is 199 Å². The molecule has 0 spiro atoms. The van der Waals surface area contributed by atoms with Crippen LogP contribution in [-0.4, -0.2) is 41.4 Å². The molecular formula is C10H15N13. The lowest BCUT2D eigenvalue weighted by Gasteiger charge is -2.15. The second-order valence-electron chi connectivity index (χ2n) is 4.80. The fourth-order valence-corrected chi connectivity index (χ4v) is 1.73. The highest BCUT2D eigenvalue weighted by Crippen LogP contribution is 2.17. The van der Waals surface area contributed by atoms with Crippen molar-refractivity contribution >= 4 is 29.6 Å². The van der Waals surface area contributed by atoms with Crippen molar-refractivity contribution in [3.63, 3.8) is 0 Å². The maximum absolute atomic E-state index is 5.94. The van der Waals surface area contributed by atoms with E-state index in [4.69, 9.17) is 17.2 Å². The third-order valence-electron chi connectivity index (χ3n) is 3.03. The Hall–Kier alpha value is -3.51. The van der Waals surface area contributed by atoms with Crippen molar-refractivity contribution in [1.29, 1.82) is 0 Å². The number of nitrogens with one attached hydrogen (secondary N) is 2. The fourth-order valence-electron chi connectivity index (χ4n) is 1.73. The van der Waals surface area contributed by atoms with Crippen LogP contribution in [0.1, 0.15) is 13.3 Å². The Bertz CT molecular complexity index is 744. The zero-order valence-corrected chi connectivity index (χ0v) is 12.2. The van der Waals surface area contributed by atoms with Gasteiger partial charge >= 0.3 is 0 Å². The Morgan fingerprint density at radius 3 is 2.57 bits per heavy atom. The minimum Gasteiger partial charge on any atom is -0.385 e. The first-order valence-electron chi connectivity index (χ1n) is 6.65. The minimum absolute atomic E-state index is 0.0663. The standard InChI is InChI=1S/C10H15N13/c1-4-2-3-5(11)23(22-6(4)12)10-20-18-9(19-21-10)15-8-14-7(13)16-17-8/h3-4H,2,11H2,1H3,(H2,12,22)(H4,13,14,15,16,17,18,19). The minimum atomic E-state index is 0.0663. The number of nitrogens with zero attached hydrogens (tertiary/aromatic N) is 8. The van der Waals surface area contributed by atoms with E-state index in [1.807, 2.05) is 6.92 Å². The van der Waals surface area contributed by atoms with Crippen LogP contribution in [0.4, 0.5) is 23.8 Å². The molecule has 0 saturated heterocycles. The molecule has 8 N–H and O–H groups in total. The van der Waals surface area contributed by atoms with Gasteiger partial charge in [-0.3, -0.25) is 5.32 Å². The number of hydrazone groups is 1. The van der Waals surface area contributed by atoms with Crippen LogP contribution in [-0.2, 0) is 0 Å². The molecule has 23 heavy (non-hydrogen) atoms. The van der Waals surface area contributed by atoms with Crippen molar-refractivity contribution in [3.8, 4) is 0 Å². The first-order chi connectivity index (χ1) is 11.0. The Balaban J connectivity index is 1.81. The van der Waals surface area contributed by atoms with E-state index in [0.29, 0.717) is 18.1 Å². The van der Waals surface area contributed by atoms with Gasteiger partial charge in [-0.2, -0.15) is 15.1 Å². The number of aromatic amines is 1. The Morgan fingerprint density at radius 2 is 1.91 bits per heavy atom. The number of nitrogen functional groups attached to an aromatic ring is 1. The number of anilines is 4. The van der Waals surface area contributed by atoms with Gasteiger partial charge in [-0.15, -0.1) is 25.5 Å². The summed E-state index contributed by atoms with van der Waals surface area (Å²) >= 11 is 0. The maximum atomic E-state index is 5.94. The molecule has 3 heterocycles. The lowest BCUT2D eigenvalue weighted by molar-refractivity contribution is 0.781. The predicted octanol–water partition coefficient (Wildman–Crippen LogP) is -1.37. The maximum Gasteiger partial charge on any atom is 0.291 e. The number of H-pyrrole nitrogens is 1. The Kier molecular flexibility index (Phi) is 3.58. The first-order valence-corrected chi connectivity index (χ1v) is 6.65. The van der Waals surface area contributed by atoms with Crippen molar-refractivity contribution in [3.05, 3.63) is 11.9 Å². The zero-order chi connectivity index (χ0) is 16.4. The van der Waals surface area contributed by atoms with Crippen molar-refractivity contribution in [2.75, 3.05) is 16.1 Å². The largest absolute Gasteiger partial charge is 0.385 e. The van der Waals surface area contributed by atoms with Crippen molar-refractivity contribution < 1.29 is 0 Å². The van der Waals surface area contributed by atoms with Gasteiger partial charge in [0, 0.05) is 5.92 Å². The molecular weight excluding hydrogens is 302 g/mol. The van der Waals surface area contributed by atoms with Crippen LogP contribution in [0, 0.1) is 5.92 Å². The SMILES string of the molecule is CC1CC=C(N)N(c2nnc(Nc3n[nH]c(N)n3)nn2)N=C1N. The van der Waals surface area contributed by atoms with E-state index in [-0.39, 0.29) is 29.7 Å². The van der Waals surface area contributed by atoms with Crippen LogP contribution < -0.4 is 27.5 Å². The van der Waals surface area contributed by atoms with Gasteiger partial charge in [0.2, 0.25) is 5.95 Å². The number of rotatable bonds is 3. The molecule has 1 aliphatic rings. The molecule has 13 heteroatoms. The third kappa shape index (κ3) is 3.07. The summed E-state index contributed by atoms with van der Waals surface area (Å²) < 4.78 is 0. The molecule has 13 nitrogen and oxygen atoms in total. The number of nitrogens with two attached hydrogens (primary N) is 3. The van der Waals surface area contributed by atoms with E-state index in [1.165, 1.54) is 5.01 Å². The Morgan fingerprint density at radius 1 is 1.17 bits per heavy atom. The molecule has 0 fully saturated rings. The van der Waals surface area contributed by atoms with Crippen LogP contribution in [0.15, 0.2) is 17.0 Å². The van der Waals surface area contributed by atoms with Gasteiger partial charge in [0.05, 0.1) is 0 Å². The molecule has 1 aliphatic heterocycles. The molecule has 0 saturated carbocycles. The van der Waals surface area contributed by atoms with E-state index >= 15 is 0 Å². The Labute approximate surface area is 130 Å². The zero-order valence-electron chi connectivity index (χ0n) is 12.2. The second-order valence-corrected chi connectivity index (χ2v) is 4.80. The molecule has 2 aromatic rings. The average molecular weight is 317 g/mol. The quantitative estimate of drug-likeness (QED) is 0.447. The number of aromatic nitrogens is 7. The molecule has 3 rings (SSSR count). The predicted molar refractivity (Wildman–Crippen MR) is 81.9 cm³/mol. The van der Waals surface area contributed by atoms with E-state index in [0.717, 1.165) is 0 Å². The van der Waals surface area contributed by atoms with E-state index in [1.54, 1.807) is 6.08 Å². The highest BCUT2D eigenvalue weighted by molar-refractivity contribution is 5.84. The lowest BCUT2D eigenvalue weighted by Crippen LogP contribution is -2.28. The van der Waals surface area contributed by atoms with E-state index < -0.39 is 0 Å². The van der Waals surface area contributed by atoms with Gasteiger partial charge < -0.3 is 17.2 Å². The summed E-state index contributed by atoms with van der Waals surface area (Å²) in [5.74, 6) is 1.38. The molecule has 0 amide bonds. The summed E-state index contributed by atoms with van der Waals surface area (Å²) in [7, 11) is 0. The smallest absolute Gasteiger partial charge is 0.291 e. The molecule has 2 aromatic heterocycles. The monoisotopic (exact) mass is 317 g/mol. The van der Waals surface area contributed by atoms with Gasteiger partial charge in [0.25, 0.3) is 17.8 Å². The number of hydrogen-bond donors (Lipinski definition) is 5. The summed E-state index contributed by atoms with van der Waals surface area (Å²) in [5, 5.41) is 30.0. The van der Waals surface area contributed by atoms with Crippen LogP contribution in [0.25, 0.3) is 0 Å². The van der Waals surface area contributed by atoms with Gasteiger partial charge in [-0.25, -0.2) is 5.10 Å². The molecule has 1 atom stereocenters. The fraction of sp³-hybridized carbons (Fsp3) is 0.300. The summed E-state index contributed by atoms with van der Waals surface area (Å²) in [6.45, 7) is 1.94. The first kappa shape index (κ1) is 14.4. The summed E-state index contributed by atoms with van der Waals surface area (Å²) in [6.07, 6.45) is 2.46. The lowest BCUT2D eigenvalue weighted by atomic mass is 10.1. The van der Waals surface area contributed by atoms with Crippen LogP contribution in [0.5, 0.6) is 0 Å². The molecule has 1 unspecified atom stereocenters. The summed E-state index contributed by atoms with van der Waals surface area (Å²) in [4.78, 5) is 3.85. The van der Waals surface area contributed by atoms with Crippen LogP contribution >= 0.6 is 0 Å². The number of hydrogen-bond acceptors (Lipinski definition) is 12. The molecule has 0 aromatic carbocycles. The number of amidine groups is 1. The number of allylic oxidation sites excluding steroid dienone is 1. The van der Waals surface area contributed by atoms with Crippen molar-refractivity contribution in [2.24, 2.45) is 22.5 Å². The molecule has 0 bridgehead atoms. The van der Waals surface area contributed by atoms with Crippen molar-refractivity contribution in [2.45, 2.75) is 13.3 Å². The van der Waals surface area contributed by atoms with Gasteiger partial charge in [-0.1, -0.05) is 6.92 Å².